The van der Waals surface area contributed by atoms with Crippen molar-refractivity contribution < 1.29 is 38.6 Å². The van der Waals surface area contributed by atoms with Gasteiger partial charge in [-0.2, -0.15) is 0 Å². The molecule has 2 aromatic rings. The molecule has 0 aliphatic carbocycles. The molecule has 114 valence electrons. The minimum atomic E-state index is -1.10. The van der Waals surface area contributed by atoms with Crippen LogP contribution in [0.2, 0.25) is 0 Å². The van der Waals surface area contributed by atoms with E-state index < -0.39 is 24.5 Å². The maximum absolute atomic E-state index is 9.89. The molecule has 0 aromatic carbocycles. The maximum Gasteiger partial charge on any atom is 0.167 e. The van der Waals surface area contributed by atoms with Crippen LogP contribution >= 0.6 is 0 Å². The molecule has 5 N–H and O–H groups in total. The van der Waals surface area contributed by atoms with E-state index in [0.717, 1.165) is 0 Å². The number of aliphatic hydroxyl groups is 2. The Kier molecular flexibility index (Phi) is 5.02. The summed E-state index contributed by atoms with van der Waals surface area (Å²) in [6.07, 6.45) is -0.903. The van der Waals surface area contributed by atoms with Crippen molar-refractivity contribution in [1.82, 2.24) is 19.5 Å². The molecule has 0 saturated carbocycles. The summed E-state index contributed by atoms with van der Waals surface area (Å²) < 4.78 is 6.90. The molecular formula is C10H15CoN5O4-. The summed E-state index contributed by atoms with van der Waals surface area (Å²) in [6.45, 7) is 3.60. The summed E-state index contributed by atoms with van der Waals surface area (Å²) >= 11 is 0. The molecule has 3 heterocycles. The van der Waals surface area contributed by atoms with Crippen molar-refractivity contribution in [3.63, 3.8) is 0 Å². The predicted octanol–water partition coefficient (Wildman–Crippen LogP) is -1.07. The number of anilines is 1. The number of imidazole rings is 1. The van der Waals surface area contributed by atoms with Gasteiger partial charge < -0.3 is 26.2 Å². The Morgan fingerprint density at radius 1 is 1.30 bits per heavy atom. The Morgan fingerprint density at radius 2 is 2.00 bits per heavy atom. The van der Waals surface area contributed by atoms with Gasteiger partial charge in [0.2, 0.25) is 0 Å². The van der Waals surface area contributed by atoms with Gasteiger partial charge >= 0.3 is 0 Å². The fraction of sp³-hybridized carbons (Fsp3) is 0.400. The largest absolute Gasteiger partial charge is 0.870 e. The van der Waals surface area contributed by atoms with Gasteiger partial charge in [-0.3, -0.25) is 4.57 Å². The average molecular weight is 328 g/mol. The van der Waals surface area contributed by atoms with Gasteiger partial charge in [-0.25, -0.2) is 15.0 Å². The first kappa shape index (κ1) is 16.7. The van der Waals surface area contributed by atoms with E-state index in [1.807, 2.05) is 0 Å². The summed E-state index contributed by atoms with van der Waals surface area (Å²) in [7, 11) is 0. The van der Waals surface area contributed by atoms with Crippen LogP contribution in [0.4, 0.5) is 5.82 Å². The zero-order valence-corrected chi connectivity index (χ0v) is 11.2. The number of hydrogen-bond donors (Lipinski definition) is 3. The van der Waals surface area contributed by atoms with Crippen molar-refractivity contribution in [2.24, 2.45) is 0 Å². The van der Waals surface area contributed by atoms with Crippen LogP contribution in [-0.4, -0.2) is 53.5 Å². The van der Waals surface area contributed by atoms with Crippen LogP contribution < -0.4 is 5.73 Å². The van der Waals surface area contributed by atoms with Gasteiger partial charge in [0.15, 0.2) is 17.7 Å². The molecule has 2 aromatic heterocycles. The van der Waals surface area contributed by atoms with E-state index in [1.54, 1.807) is 0 Å². The minimum absolute atomic E-state index is 0. The summed E-state index contributed by atoms with van der Waals surface area (Å²) in [4.78, 5) is 11.9. The van der Waals surface area contributed by atoms with Crippen LogP contribution in [0.1, 0.15) is 7.65 Å². The van der Waals surface area contributed by atoms with Crippen LogP contribution in [0.5, 0.6) is 0 Å². The fourth-order valence-electron chi connectivity index (χ4n) is 2.02. The van der Waals surface area contributed by atoms with Crippen molar-refractivity contribution in [1.29, 1.82) is 0 Å². The summed E-state index contributed by atoms with van der Waals surface area (Å²) in [5, 5.41) is 19.5. The molecule has 20 heavy (non-hydrogen) atoms. The normalized spacial score (nSPS) is 28.9. The molecule has 1 aliphatic rings. The number of fused-ring (bicyclic) bond motifs is 1. The third kappa shape index (κ3) is 2.37. The van der Waals surface area contributed by atoms with E-state index in [9.17, 15) is 10.2 Å². The van der Waals surface area contributed by atoms with Gasteiger partial charge in [0.05, 0.1) is 12.4 Å². The molecule has 1 aliphatic heterocycles. The van der Waals surface area contributed by atoms with Gasteiger partial charge in [-0.05, 0) is 6.92 Å². The first-order valence-electron chi connectivity index (χ1n) is 5.37. The first-order valence-corrected chi connectivity index (χ1v) is 5.37. The number of ether oxygens (including phenoxy) is 1. The molecule has 0 bridgehead atoms. The van der Waals surface area contributed by atoms with Gasteiger partial charge in [0.25, 0.3) is 0 Å². The smallest absolute Gasteiger partial charge is 0.167 e. The Balaban J connectivity index is 0.00000133. The van der Waals surface area contributed by atoms with Crippen molar-refractivity contribution in [2.75, 3.05) is 5.73 Å². The van der Waals surface area contributed by atoms with Gasteiger partial charge in [0, 0.05) is 18.2 Å². The zero-order chi connectivity index (χ0) is 12.9. The third-order valence-electron chi connectivity index (χ3n) is 3.00. The number of nitrogens with two attached hydrogens (primary N) is 1. The SMILES string of the molecule is [CH2][C@H]1O[C@@H](n2cnc3c(N)ncnc32)[C@H](O)[C@@H]1O.[Co].[HH].[OH-]. The second kappa shape index (κ2) is 5.99. The van der Waals surface area contributed by atoms with Crippen LogP contribution in [0.15, 0.2) is 12.7 Å². The number of rotatable bonds is 1. The van der Waals surface area contributed by atoms with E-state index in [0.29, 0.717) is 11.2 Å². The van der Waals surface area contributed by atoms with Crippen molar-refractivity contribution in [3.05, 3.63) is 19.6 Å². The first-order chi connectivity index (χ1) is 8.59. The monoisotopic (exact) mass is 328 g/mol. The van der Waals surface area contributed by atoms with Gasteiger partial charge in [0.1, 0.15) is 24.1 Å². The second-order valence-corrected chi connectivity index (χ2v) is 4.13. The molecule has 0 unspecified atom stereocenters. The number of hydrogen-bond acceptors (Lipinski definition) is 8. The molecule has 2 radical (unpaired) electrons. The predicted molar refractivity (Wildman–Crippen MR) is 65.1 cm³/mol. The van der Waals surface area contributed by atoms with E-state index in [-0.39, 0.29) is 29.5 Å². The Morgan fingerprint density at radius 3 is 2.60 bits per heavy atom. The molecule has 1 saturated heterocycles. The average Bonchev–Trinajstić information content (AvgIpc) is 2.88. The summed E-state index contributed by atoms with van der Waals surface area (Å²) in [6, 6.07) is 0. The number of nitrogen functional groups attached to an aromatic ring is 1. The molecule has 0 spiro atoms. The number of nitrogens with zero attached hydrogens (tertiary/aromatic N) is 4. The Hall–Kier alpha value is -1.30. The van der Waals surface area contributed by atoms with Crippen LogP contribution in [-0.2, 0) is 21.5 Å². The molecule has 10 heteroatoms. The van der Waals surface area contributed by atoms with Crippen LogP contribution in [0.25, 0.3) is 11.2 Å². The quantitative estimate of drug-likeness (QED) is 0.599. The van der Waals surface area contributed by atoms with Crippen LogP contribution in [0.3, 0.4) is 0 Å². The van der Waals surface area contributed by atoms with E-state index in [4.69, 9.17) is 10.5 Å². The molecule has 4 atom stereocenters. The van der Waals surface area contributed by atoms with Gasteiger partial charge in [-0.1, -0.05) is 0 Å². The van der Waals surface area contributed by atoms with Crippen LogP contribution in [0, 0.1) is 6.92 Å². The maximum atomic E-state index is 9.89. The molecular weight excluding hydrogens is 313 g/mol. The number of aromatic nitrogens is 4. The van der Waals surface area contributed by atoms with Crippen molar-refractivity contribution >= 4 is 17.0 Å². The van der Waals surface area contributed by atoms with Crippen molar-refractivity contribution in [3.8, 4) is 0 Å². The van der Waals surface area contributed by atoms with E-state index in [2.05, 4.69) is 21.9 Å². The zero-order valence-electron chi connectivity index (χ0n) is 10.1. The molecule has 3 rings (SSSR count). The number of aliphatic hydroxyl groups excluding tert-OH is 2. The molecule has 0 amide bonds. The second-order valence-electron chi connectivity index (χ2n) is 4.13. The summed E-state index contributed by atoms with van der Waals surface area (Å²) in [5.74, 6) is 0.248. The minimum Gasteiger partial charge on any atom is -0.870 e. The standard InChI is InChI=1S/C10H12N5O3.Co.H2O.H2/c1-4-6(16)7(17)10(18-4)15-3-14-5-8(11)12-2-13-9(5)15;;;/h2-4,6-7,10,16-17H,1H2,(H2,11,12,13);;1H2;1H/p-1/t4-,6-,7-,10-;;;/m1.../s1. The van der Waals surface area contributed by atoms with E-state index >= 15 is 0 Å². The third-order valence-corrected chi connectivity index (χ3v) is 3.00. The Labute approximate surface area is 125 Å². The summed E-state index contributed by atoms with van der Waals surface area (Å²) in [5.41, 5.74) is 6.53. The topological polar surface area (TPSA) is 149 Å². The Bertz CT molecular complexity index is 600. The van der Waals surface area contributed by atoms with Gasteiger partial charge in [-0.15, -0.1) is 0 Å². The molecule has 9 nitrogen and oxygen atoms in total. The fourth-order valence-corrected chi connectivity index (χ4v) is 2.02. The molecule has 1 fully saturated rings. The van der Waals surface area contributed by atoms with E-state index in [1.165, 1.54) is 17.2 Å². The van der Waals surface area contributed by atoms with Crippen molar-refractivity contribution in [2.45, 2.75) is 24.5 Å².